The van der Waals surface area contributed by atoms with Crippen LogP contribution in [-0.2, 0) is 4.74 Å². The van der Waals surface area contributed by atoms with Gasteiger partial charge in [0, 0.05) is 61.2 Å². The summed E-state index contributed by atoms with van der Waals surface area (Å²) in [6, 6.07) is 7.67. The zero-order valence-electron chi connectivity index (χ0n) is 21.8. The molecule has 0 radical (unpaired) electrons. The van der Waals surface area contributed by atoms with E-state index >= 15 is 0 Å². The second-order valence-corrected chi connectivity index (χ2v) is 10.2. The van der Waals surface area contributed by atoms with Crippen molar-refractivity contribution in [3.8, 4) is 0 Å². The van der Waals surface area contributed by atoms with Crippen molar-refractivity contribution in [3.63, 3.8) is 0 Å². The number of fused-ring (bicyclic) bond motifs is 1. The molecule has 3 heterocycles. The average molecular weight is 527 g/mol. The predicted molar refractivity (Wildman–Crippen MR) is 142 cm³/mol. The van der Waals surface area contributed by atoms with Gasteiger partial charge in [0.2, 0.25) is 0 Å². The fourth-order valence-corrected chi connectivity index (χ4v) is 5.15. The number of likely N-dealkylation sites (tertiary alicyclic amines) is 1. The van der Waals surface area contributed by atoms with Gasteiger partial charge in [-0.3, -0.25) is 9.59 Å². The SMILES string of the molecule is CC(Nc1cc(F)cc(F)c1)c1cc(C(=O)N2CC[C@H](N(C)C)C2)cc2c(=O)cc(N3CCOCC3)oc12. The molecule has 3 aromatic rings. The molecule has 8 nitrogen and oxygen atoms in total. The summed E-state index contributed by atoms with van der Waals surface area (Å²) in [4.78, 5) is 32.7. The summed E-state index contributed by atoms with van der Waals surface area (Å²) in [6.45, 7) is 5.22. The van der Waals surface area contributed by atoms with Gasteiger partial charge in [-0.15, -0.1) is 0 Å². The number of amides is 1. The number of nitrogens with one attached hydrogen (secondary N) is 1. The van der Waals surface area contributed by atoms with Crippen LogP contribution in [0, 0.1) is 11.6 Å². The number of hydrogen-bond donors (Lipinski definition) is 1. The number of carbonyl (C=O) groups excluding carboxylic acids is 1. The highest BCUT2D eigenvalue weighted by Gasteiger charge is 2.29. The van der Waals surface area contributed by atoms with Gasteiger partial charge in [0.25, 0.3) is 5.91 Å². The van der Waals surface area contributed by atoms with Gasteiger partial charge in [0.1, 0.15) is 17.2 Å². The van der Waals surface area contributed by atoms with Gasteiger partial charge in [0.05, 0.1) is 24.6 Å². The van der Waals surface area contributed by atoms with Crippen molar-refractivity contribution in [1.29, 1.82) is 0 Å². The topological polar surface area (TPSA) is 78.3 Å². The molecule has 0 saturated carbocycles. The fraction of sp³-hybridized carbons (Fsp3) is 0.429. The first-order valence-corrected chi connectivity index (χ1v) is 12.8. The fourth-order valence-electron chi connectivity index (χ4n) is 5.15. The van der Waals surface area contributed by atoms with Gasteiger partial charge in [0.15, 0.2) is 11.3 Å². The van der Waals surface area contributed by atoms with Gasteiger partial charge in [-0.1, -0.05) is 0 Å². The maximum absolute atomic E-state index is 13.9. The van der Waals surface area contributed by atoms with E-state index < -0.39 is 17.7 Å². The Kier molecular flexibility index (Phi) is 7.36. The van der Waals surface area contributed by atoms with E-state index in [1.807, 2.05) is 19.0 Å². The number of ether oxygens (including phenoxy) is 1. The van der Waals surface area contributed by atoms with Gasteiger partial charge in [-0.05, 0) is 51.7 Å². The number of rotatable bonds is 6. The smallest absolute Gasteiger partial charge is 0.253 e. The molecular weight excluding hydrogens is 494 g/mol. The summed E-state index contributed by atoms with van der Waals surface area (Å²) in [5.41, 5.74) is 1.23. The molecule has 2 saturated heterocycles. The van der Waals surface area contributed by atoms with E-state index in [4.69, 9.17) is 9.15 Å². The van der Waals surface area contributed by atoms with Crippen LogP contribution in [0.15, 0.2) is 45.6 Å². The molecule has 5 rings (SSSR count). The molecule has 0 aliphatic carbocycles. The molecule has 1 N–H and O–H groups in total. The number of likely N-dealkylation sites (N-methyl/N-ethyl adjacent to an activating group) is 1. The van der Waals surface area contributed by atoms with E-state index in [2.05, 4.69) is 10.2 Å². The molecule has 1 aromatic heterocycles. The van der Waals surface area contributed by atoms with Crippen molar-refractivity contribution in [1.82, 2.24) is 9.80 Å². The second-order valence-electron chi connectivity index (χ2n) is 10.2. The van der Waals surface area contributed by atoms with Crippen molar-refractivity contribution in [2.45, 2.75) is 25.4 Å². The van der Waals surface area contributed by atoms with Crippen LogP contribution in [0.2, 0.25) is 0 Å². The third-order valence-corrected chi connectivity index (χ3v) is 7.31. The van der Waals surface area contributed by atoms with E-state index in [-0.39, 0.29) is 28.5 Å². The summed E-state index contributed by atoms with van der Waals surface area (Å²) in [5, 5.41) is 3.38. The van der Waals surface area contributed by atoms with Crippen LogP contribution in [0.1, 0.15) is 35.3 Å². The molecule has 10 heteroatoms. The molecule has 202 valence electrons. The number of anilines is 2. The van der Waals surface area contributed by atoms with Crippen LogP contribution in [0.25, 0.3) is 11.0 Å². The Morgan fingerprint density at radius 1 is 1.05 bits per heavy atom. The summed E-state index contributed by atoms with van der Waals surface area (Å²) < 4.78 is 39.4. The minimum Gasteiger partial charge on any atom is -0.440 e. The van der Waals surface area contributed by atoms with Crippen LogP contribution in [0.5, 0.6) is 0 Å². The van der Waals surface area contributed by atoms with Crippen molar-refractivity contribution < 1.29 is 22.7 Å². The van der Waals surface area contributed by atoms with E-state index in [1.54, 1.807) is 24.0 Å². The number of morpholine rings is 1. The Labute approximate surface area is 219 Å². The maximum Gasteiger partial charge on any atom is 0.253 e. The van der Waals surface area contributed by atoms with Gasteiger partial charge >= 0.3 is 0 Å². The van der Waals surface area contributed by atoms with Gasteiger partial charge in [-0.2, -0.15) is 0 Å². The summed E-state index contributed by atoms with van der Waals surface area (Å²) in [6.07, 6.45) is 0.868. The van der Waals surface area contributed by atoms with E-state index in [0.717, 1.165) is 12.5 Å². The highest BCUT2D eigenvalue weighted by atomic mass is 19.1. The lowest BCUT2D eigenvalue weighted by molar-refractivity contribution is 0.0783. The number of halogens is 2. The predicted octanol–water partition coefficient (Wildman–Crippen LogP) is 3.86. The van der Waals surface area contributed by atoms with Crippen LogP contribution in [0.4, 0.5) is 20.4 Å². The van der Waals surface area contributed by atoms with Crippen molar-refractivity contribution >= 4 is 28.4 Å². The van der Waals surface area contributed by atoms with E-state index in [1.165, 1.54) is 18.2 Å². The van der Waals surface area contributed by atoms with Crippen LogP contribution in [-0.4, -0.2) is 75.2 Å². The largest absolute Gasteiger partial charge is 0.440 e. The lowest BCUT2D eigenvalue weighted by Crippen LogP contribution is -2.36. The maximum atomic E-state index is 13.9. The Morgan fingerprint density at radius 2 is 1.76 bits per heavy atom. The normalized spacial score (nSPS) is 18.8. The standard InChI is InChI=1S/C28H32F2N4O4/c1-17(31-21-13-19(29)12-20(30)14-21)23-10-18(28(36)34-5-4-22(16-34)32(2)3)11-24-25(35)15-26(38-27(23)24)33-6-8-37-9-7-33/h10-15,17,22,31H,4-9,16H2,1-3H3/t17?,22-/m0/s1. The molecule has 1 amide bonds. The van der Waals surface area contributed by atoms with Gasteiger partial charge in [-0.25, -0.2) is 8.78 Å². The highest BCUT2D eigenvalue weighted by molar-refractivity contribution is 5.99. The van der Waals surface area contributed by atoms with Crippen molar-refractivity contribution in [2.75, 3.05) is 63.7 Å². The van der Waals surface area contributed by atoms with E-state index in [9.17, 15) is 18.4 Å². The number of benzene rings is 2. The number of nitrogens with zero attached hydrogens (tertiary/aromatic N) is 3. The minimum absolute atomic E-state index is 0.168. The van der Waals surface area contributed by atoms with Crippen molar-refractivity contribution in [3.05, 3.63) is 69.4 Å². The summed E-state index contributed by atoms with van der Waals surface area (Å²) in [5.74, 6) is -1.17. The first-order chi connectivity index (χ1) is 18.2. The minimum atomic E-state index is -0.709. The van der Waals surface area contributed by atoms with Crippen molar-refractivity contribution in [2.24, 2.45) is 0 Å². The first-order valence-electron chi connectivity index (χ1n) is 12.8. The molecule has 2 fully saturated rings. The quantitative estimate of drug-likeness (QED) is 0.523. The Balaban J connectivity index is 1.58. The van der Waals surface area contributed by atoms with Gasteiger partial charge < -0.3 is 29.2 Å². The molecule has 2 aromatic carbocycles. The molecule has 2 aliphatic heterocycles. The molecular formula is C28H32F2N4O4. The Morgan fingerprint density at radius 3 is 2.42 bits per heavy atom. The Bertz CT molecular complexity index is 1380. The zero-order valence-corrected chi connectivity index (χ0v) is 21.8. The third-order valence-electron chi connectivity index (χ3n) is 7.31. The summed E-state index contributed by atoms with van der Waals surface area (Å²) >= 11 is 0. The molecule has 0 bridgehead atoms. The monoisotopic (exact) mass is 526 g/mol. The number of carbonyl (C=O) groups is 1. The lowest BCUT2D eigenvalue weighted by Gasteiger charge is -2.28. The number of hydrogen-bond acceptors (Lipinski definition) is 7. The lowest BCUT2D eigenvalue weighted by atomic mass is 9.99. The van der Waals surface area contributed by atoms with Crippen LogP contribution < -0.4 is 15.6 Å². The highest BCUT2D eigenvalue weighted by Crippen LogP contribution is 2.31. The molecule has 38 heavy (non-hydrogen) atoms. The Hall–Kier alpha value is -3.50. The second kappa shape index (κ2) is 10.7. The molecule has 1 unspecified atom stereocenters. The molecule has 2 atom stereocenters. The molecule has 0 spiro atoms. The molecule has 2 aliphatic rings. The zero-order chi connectivity index (χ0) is 27.0. The average Bonchev–Trinajstić information content (AvgIpc) is 3.38. The third kappa shape index (κ3) is 5.37. The summed E-state index contributed by atoms with van der Waals surface area (Å²) in [7, 11) is 3.99. The van der Waals surface area contributed by atoms with E-state index in [0.29, 0.717) is 62.0 Å². The first kappa shape index (κ1) is 26.1. The van der Waals surface area contributed by atoms with Crippen LogP contribution >= 0.6 is 0 Å². The van der Waals surface area contributed by atoms with Crippen LogP contribution in [0.3, 0.4) is 0 Å².